The molecule has 0 spiro atoms. The van der Waals surface area contributed by atoms with E-state index < -0.39 is 23.4 Å². The molecule has 0 aliphatic carbocycles. The molecule has 0 atom stereocenters. The Balaban J connectivity index is 1.93. The molecular weight excluding hydrogens is 377 g/mol. The molecule has 0 unspecified atom stereocenters. The highest BCUT2D eigenvalue weighted by Gasteiger charge is 2.30. The fraction of sp³-hybridized carbons (Fsp3) is 0.100. The topological polar surface area (TPSA) is 30.2 Å². The van der Waals surface area contributed by atoms with Gasteiger partial charge >= 0.3 is 6.18 Å². The Morgan fingerprint density at radius 3 is 2.39 bits per heavy atom. The number of hydrogen-bond donors (Lipinski definition) is 0. The third-order valence-corrected chi connectivity index (χ3v) is 4.39. The van der Waals surface area contributed by atoms with Crippen molar-refractivity contribution in [2.24, 2.45) is 0 Å². The molecular formula is C20H12F5N3. The van der Waals surface area contributed by atoms with Gasteiger partial charge in [-0.15, -0.1) is 0 Å². The van der Waals surface area contributed by atoms with Gasteiger partial charge in [0.05, 0.1) is 17.0 Å². The maximum absolute atomic E-state index is 13.7. The Kier molecular flexibility index (Phi) is 4.14. The SMILES string of the molecule is Cc1nn2c(-c3cccc(C(F)(F)F)c3)ccnc2c1-c1ccc(F)c(F)c1. The fourth-order valence-corrected chi connectivity index (χ4v) is 3.11. The maximum Gasteiger partial charge on any atom is 0.416 e. The summed E-state index contributed by atoms with van der Waals surface area (Å²) in [7, 11) is 0. The average molecular weight is 389 g/mol. The van der Waals surface area contributed by atoms with Gasteiger partial charge in [-0.05, 0) is 42.8 Å². The largest absolute Gasteiger partial charge is 0.416 e. The van der Waals surface area contributed by atoms with E-state index in [1.54, 1.807) is 13.0 Å². The minimum Gasteiger partial charge on any atom is -0.236 e. The molecule has 0 saturated carbocycles. The first-order valence-corrected chi connectivity index (χ1v) is 8.23. The number of alkyl halides is 3. The first-order valence-electron chi connectivity index (χ1n) is 8.23. The number of fused-ring (bicyclic) bond motifs is 1. The molecule has 0 radical (unpaired) electrons. The zero-order valence-corrected chi connectivity index (χ0v) is 14.4. The minimum atomic E-state index is -4.47. The molecule has 0 bridgehead atoms. The number of benzene rings is 2. The number of aryl methyl sites for hydroxylation is 1. The van der Waals surface area contributed by atoms with Crippen LogP contribution in [0.4, 0.5) is 22.0 Å². The van der Waals surface area contributed by atoms with Crippen molar-refractivity contribution in [3.8, 4) is 22.4 Å². The Hall–Kier alpha value is -3.29. The molecule has 0 saturated heterocycles. The summed E-state index contributed by atoms with van der Waals surface area (Å²) < 4.78 is 67.5. The first-order chi connectivity index (χ1) is 13.3. The summed E-state index contributed by atoms with van der Waals surface area (Å²) in [6.45, 7) is 1.67. The summed E-state index contributed by atoms with van der Waals surface area (Å²) in [5.41, 5.74) is 1.60. The number of aromatic nitrogens is 3. The Morgan fingerprint density at radius 2 is 1.68 bits per heavy atom. The molecule has 0 aliphatic rings. The molecule has 142 valence electrons. The monoisotopic (exact) mass is 389 g/mol. The van der Waals surface area contributed by atoms with E-state index in [1.165, 1.54) is 28.9 Å². The van der Waals surface area contributed by atoms with E-state index >= 15 is 0 Å². The van der Waals surface area contributed by atoms with E-state index in [9.17, 15) is 22.0 Å². The molecule has 4 aromatic rings. The van der Waals surface area contributed by atoms with Crippen LogP contribution < -0.4 is 0 Å². The van der Waals surface area contributed by atoms with Crippen LogP contribution in [0.3, 0.4) is 0 Å². The molecule has 3 nitrogen and oxygen atoms in total. The summed E-state index contributed by atoms with van der Waals surface area (Å²) in [4.78, 5) is 4.25. The summed E-state index contributed by atoms with van der Waals surface area (Å²) in [5.74, 6) is -1.99. The van der Waals surface area contributed by atoms with Crippen LogP contribution in [-0.4, -0.2) is 14.6 Å². The smallest absolute Gasteiger partial charge is 0.236 e. The predicted molar refractivity (Wildman–Crippen MR) is 93.5 cm³/mol. The van der Waals surface area contributed by atoms with Gasteiger partial charge in [-0.1, -0.05) is 18.2 Å². The Bertz CT molecular complexity index is 1190. The van der Waals surface area contributed by atoms with Gasteiger partial charge in [-0.3, -0.25) is 0 Å². The van der Waals surface area contributed by atoms with Gasteiger partial charge in [0.15, 0.2) is 17.3 Å². The van der Waals surface area contributed by atoms with E-state index in [-0.39, 0.29) is 0 Å². The van der Waals surface area contributed by atoms with Gasteiger partial charge in [-0.2, -0.15) is 18.3 Å². The zero-order valence-electron chi connectivity index (χ0n) is 14.4. The maximum atomic E-state index is 13.7. The molecule has 0 fully saturated rings. The minimum absolute atomic E-state index is 0.307. The standard InChI is InChI=1S/C20H12F5N3/c1-11-18(13-5-6-15(21)16(22)10-13)19-26-8-7-17(28(19)27-11)12-3-2-4-14(9-12)20(23,24)25/h2-10H,1H3. The second-order valence-electron chi connectivity index (χ2n) is 6.23. The van der Waals surface area contributed by atoms with Crippen molar-refractivity contribution in [2.75, 3.05) is 0 Å². The van der Waals surface area contributed by atoms with Crippen LogP contribution in [0, 0.1) is 18.6 Å². The van der Waals surface area contributed by atoms with Crippen LogP contribution in [0.2, 0.25) is 0 Å². The number of halogens is 5. The number of rotatable bonds is 2. The molecule has 0 N–H and O–H groups in total. The van der Waals surface area contributed by atoms with Crippen molar-refractivity contribution < 1.29 is 22.0 Å². The molecule has 0 aliphatic heterocycles. The molecule has 2 aromatic heterocycles. The van der Waals surface area contributed by atoms with Crippen LogP contribution in [0.25, 0.3) is 28.0 Å². The highest BCUT2D eigenvalue weighted by Crippen LogP contribution is 2.34. The third kappa shape index (κ3) is 3.00. The van der Waals surface area contributed by atoms with Crippen molar-refractivity contribution >= 4 is 5.65 Å². The Morgan fingerprint density at radius 1 is 0.893 bits per heavy atom. The fourth-order valence-electron chi connectivity index (χ4n) is 3.11. The molecule has 8 heteroatoms. The molecule has 0 amide bonds. The number of nitrogens with zero attached hydrogens (tertiary/aromatic N) is 3. The van der Waals surface area contributed by atoms with Crippen LogP contribution in [0.5, 0.6) is 0 Å². The first kappa shape index (κ1) is 18.1. The quantitative estimate of drug-likeness (QED) is 0.414. The summed E-state index contributed by atoms with van der Waals surface area (Å²) >= 11 is 0. The van der Waals surface area contributed by atoms with E-state index in [2.05, 4.69) is 10.1 Å². The Labute approximate surface area is 156 Å². The molecule has 2 aromatic carbocycles. The summed E-state index contributed by atoms with van der Waals surface area (Å²) in [6.07, 6.45) is -3.03. The van der Waals surface area contributed by atoms with Gasteiger partial charge in [0, 0.05) is 17.3 Å². The second kappa shape index (κ2) is 6.40. The highest BCUT2D eigenvalue weighted by molar-refractivity contribution is 5.81. The molecule has 2 heterocycles. The zero-order chi connectivity index (χ0) is 20.1. The summed E-state index contributed by atoms with van der Waals surface area (Å²) in [5, 5.41) is 4.37. The van der Waals surface area contributed by atoms with Gasteiger partial charge in [-0.25, -0.2) is 18.3 Å². The van der Waals surface area contributed by atoms with Crippen LogP contribution in [-0.2, 0) is 6.18 Å². The number of hydrogen-bond acceptors (Lipinski definition) is 2. The lowest BCUT2D eigenvalue weighted by atomic mass is 10.1. The van der Waals surface area contributed by atoms with Crippen molar-refractivity contribution in [1.82, 2.24) is 14.6 Å². The van der Waals surface area contributed by atoms with Gasteiger partial charge in [0.2, 0.25) is 0 Å². The molecule has 4 rings (SSSR count). The average Bonchev–Trinajstić information content (AvgIpc) is 2.99. The van der Waals surface area contributed by atoms with E-state index in [4.69, 9.17) is 0 Å². The van der Waals surface area contributed by atoms with Crippen LogP contribution >= 0.6 is 0 Å². The van der Waals surface area contributed by atoms with E-state index in [0.717, 1.165) is 24.3 Å². The summed E-state index contributed by atoms with van der Waals surface area (Å²) in [6, 6.07) is 9.87. The lowest BCUT2D eigenvalue weighted by molar-refractivity contribution is -0.137. The third-order valence-electron chi connectivity index (χ3n) is 4.39. The van der Waals surface area contributed by atoms with Crippen LogP contribution in [0.1, 0.15) is 11.3 Å². The van der Waals surface area contributed by atoms with Crippen molar-refractivity contribution in [1.29, 1.82) is 0 Å². The lowest BCUT2D eigenvalue weighted by Crippen LogP contribution is -2.05. The van der Waals surface area contributed by atoms with Crippen LogP contribution in [0.15, 0.2) is 54.7 Å². The van der Waals surface area contributed by atoms with E-state index in [1.807, 2.05) is 0 Å². The van der Waals surface area contributed by atoms with Crippen molar-refractivity contribution in [3.05, 3.63) is 77.6 Å². The lowest BCUT2D eigenvalue weighted by Gasteiger charge is -2.10. The van der Waals surface area contributed by atoms with Crippen molar-refractivity contribution in [2.45, 2.75) is 13.1 Å². The predicted octanol–water partition coefficient (Wildman–Crippen LogP) is 5.67. The van der Waals surface area contributed by atoms with Gasteiger partial charge < -0.3 is 0 Å². The van der Waals surface area contributed by atoms with Crippen molar-refractivity contribution in [3.63, 3.8) is 0 Å². The second-order valence-corrected chi connectivity index (χ2v) is 6.23. The normalized spacial score (nSPS) is 11.9. The van der Waals surface area contributed by atoms with Gasteiger partial charge in [0.25, 0.3) is 0 Å². The molecule has 28 heavy (non-hydrogen) atoms. The van der Waals surface area contributed by atoms with E-state index in [0.29, 0.717) is 33.7 Å². The highest BCUT2D eigenvalue weighted by atomic mass is 19.4. The van der Waals surface area contributed by atoms with Gasteiger partial charge in [0.1, 0.15) is 0 Å².